The molecule has 1 saturated heterocycles. The first-order valence-corrected chi connectivity index (χ1v) is 7.62. The topological polar surface area (TPSA) is 56.3 Å². The summed E-state index contributed by atoms with van der Waals surface area (Å²) in [6.45, 7) is 6.24. The highest BCUT2D eigenvalue weighted by Gasteiger charge is 2.25. The molecule has 1 aromatic rings. The first kappa shape index (κ1) is 15.3. The molecule has 1 aliphatic rings. The number of aryl methyl sites for hydroxylation is 2. The van der Waals surface area contributed by atoms with E-state index in [0.29, 0.717) is 6.10 Å². The third-order valence-electron chi connectivity index (χ3n) is 4.31. The van der Waals surface area contributed by atoms with Crippen molar-refractivity contribution in [1.82, 2.24) is 9.78 Å². The summed E-state index contributed by atoms with van der Waals surface area (Å²) in [5.74, 6) is 1.23. The van der Waals surface area contributed by atoms with Crippen molar-refractivity contribution in [2.45, 2.75) is 51.7 Å². The van der Waals surface area contributed by atoms with Crippen LogP contribution in [-0.4, -0.2) is 42.1 Å². The smallest absolute Gasteiger partial charge is 0.130 e. The van der Waals surface area contributed by atoms with Crippen molar-refractivity contribution in [1.29, 1.82) is 0 Å². The van der Waals surface area contributed by atoms with Gasteiger partial charge in [0.25, 0.3) is 0 Å². The van der Waals surface area contributed by atoms with E-state index in [4.69, 9.17) is 10.5 Å². The lowest BCUT2D eigenvalue weighted by Gasteiger charge is -2.34. The number of nitrogens with zero attached hydrogens (tertiary/aromatic N) is 3. The van der Waals surface area contributed by atoms with Gasteiger partial charge in [0.1, 0.15) is 5.82 Å². The zero-order valence-corrected chi connectivity index (χ0v) is 13.2. The largest absolute Gasteiger partial charge is 0.380 e. The van der Waals surface area contributed by atoms with E-state index < -0.39 is 0 Å². The molecule has 1 aromatic heterocycles. The average molecular weight is 280 g/mol. The van der Waals surface area contributed by atoms with Gasteiger partial charge in [0.2, 0.25) is 0 Å². The summed E-state index contributed by atoms with van der Waals surface area (Å²) in [6, 6.07) is 0.208. The standard InChI is InChI=1S/C15H28N4O/c1-5-12(16)9-14-11(2)17-18(3)15(14)19-8-6-7-13(10-19)20-4/h12-13H,5-10,16H2,1-4H3. The van der Waals surface area contributed by atoms with Gasteiger partial charge in [-0.2, -0.15) is 5.10 Å². The predicted molar refractivity (Wildman–Crippen MR) is 82.2 cm³/mol. The van der Waals surface area contributed by atoms with Crippen molar-refractivity contribution in [2.75, 3.05) is 25.1 Å². The fourth-order valence-electron chi connectivity index (χ4n) is 3.05. The molecular formula is C15H28N4O. The summed E-state index contributed by atoms with van der Waals surface area (Å²) in [6.07, 6.45) is 4.54. The Morgan fingerprint density at radius 3 is 2.90 bits per heavy atom. The van der Waals surface area contributed by atoms with Crippen LogP contribution in [0.2, 0.25) is 0 Å². The van der Waals surface area contributed by atoms with Gasteiger partial charge in [-0.15, -0.1) is 0 Å². The molecule has 2 rings (SSSR count). The third kappa shape index (κ3) is 3.15. The minimum Gasteiger partial charge on any atom is -0.380 e. The maximum Gasteiger partial charge on any atom is 0.130 e. The van der Waals surface area contributed by atoms with Gasteiger partial charge < -0.3 is 15.4 Å². The number of rotatable bonds is 5. The summed E-state index contributed by atoms with van der Waals surface area (Å²) in [5.41, 5.74) is 8.56. The molecule has 1 aliphatic heterocycles. The first-order chi connectivity index (χ1) is 9.56. The molecule has 5 heteroatoms. The molecule has 5 nitrogen and oxygen atoms in total. The zero-order valence-electron chi connectivity index (χ0n) is 13.2. The van der Waals surface area contributed by atoms with Crippen LogP contribution in [0.25, 0.3) is 0 Å². The van der Waals surface area contributed by atoms with E-state index in [0.717, 1.165) is 38.0 Å². The van der Waals surface area contributed by atoms with Crippen molar-refractivity contribution in [3.63, 3.8) is 0 Å². The van der Waals surface area contributed by atoms with Crippen LogP contribution in [-0.2, 0) is 18.2 Å². The SMILES string of the molecule is CCC(N)Cc1c(C)nn(C)c1N1CCCC(OC)C1. The molecule has 2 atom stereocenters. The number of hydrogen-bond acceptors (Lipinski definition) is 4. The Hall–Kier alpha value is -1.07. The van der Waals surface area contributed by atoms with Gasteiger partial charge in [-0.05, 0) is 32.6 Å². The Balaban J connectivity index is 2.25. The third-order valence-corrected chi connectivity index (χ3v) is 4.31. The van der Waals surface area contributed by atoms with Crippen LogP contribution >= 0.6 is 0 Å². The Morgan fingerprint density at radius 1 is 1.50 bits per heavy atom. The monoisotopic (exact) mass is 280 g/mol. The Kier molecular flexibility index (Phi) is 5.05. The molecule has 0 radical (unpaired) electrons. The second-order valence-electron chi connectivity index (χ2n) is 5.83. The van der Waals surface area contributed by atoms with Crippen molar-refractivity contribution >= 4 is 5.82 Å². The van der Waals surface area contributed by atoms with Crippen LogP contribution in [0.15, 0.2) is 0 Å². The molecule has 0 spiro atoms. The summed E-state index contributed by atoms with van der Waals surface area (Å²) >= 11 is 0. The first-order valence-electron chi connectivity index (χ1n) is 7.62. The lowest BCUT2D eigenvalue weighted by molar-refractivity contribution is 0.0889. The molecule has 2 N–H and O–H groups in total. The molecule has 0 amide bonds. The van der Waals surface area contributed by atoms with Crippen LogP contribution in [0.3, 0.4) is 0 Å². The summed E-state index contributed by atoms with van der Waals surface area (Å²) in [7, 11) is 3.83. The maximum atomic E-state index is 6.15. The molecule has 0 bridgehead atoms. The quantitative estimate of drug-likeness (QED) is 0.890. The fraction of sp³-hybridized carbons (Fsp3) is 0.800. The van der Waals surface area contributed by atoms with E-state index in [1.165, 1.54) is 17.8 Å². The minimum atomic E-state index is 0.208. The summed E-state index contributed by atoms with van der Waals surface area (Å²) < 4.78 is 7.54. The van der Waals surface area contributed by atoms with Gasteiger partial charge in [-0.1, -0.05) is 6.92 Å². The maximum absolute atomic E-state index is 6.15. The zero-order chi connectivity index (χ0) is 14.7. The molecule has 2 heterocycles. The predicted octanol–water partition coefficient (Wildman–Crippen LogP) is 1.62. The van der Waals surface area contributed by atoms with Gasteiger partial charge in [0, 0.05) is 38.9 Å². The Bertz CT molecular complexity index is 443. The van der Waals surface area contributed by atoms with Crippen LogP contribution in [0.1, 0.15) is 37.4 Å². The van der Waals surface area contributed by atoms with Gasteiger partial charge in [-0.25, -0.2) is 0 Å². The van der Waals surface area contributed by atoms with Crippen molar-refractivity contribution in [2.24, 2.45) is 12.8 Å². The molecule has 0 aliphatic carbocycles. The van der Waals surface area contributed by atoms with Crippen LogP contribution in [0.5, 0.6) is 0 Å². The highest BCUT2D eigenvalue weighted by molar-refractivity contribution is 5.51. The number of anilines is 1. The van der Waals surface area contributed by atoms with Crippen LogP contribution in [0.4, 0.5) is 5.82 Å². The van der Waals surface area contributed by atoms with Crippen molar-refractivity contribution < 1.29 is 4.74 Å². The van der Waals surface area contributed by atoms with Crippen LogP contribution in [0, 0.1) is 6.92 Å². The average Bonchev–Trinajstić information content (AvgIpc) is 2.73. The number of aromatic nitrogens is 2. The van der Waals surface area contributed by atoms with Crippen LogP contribution < -0.4 is 10.6 Å². The van der Waals surface area contributed by atoms with E-state index >= 15 is 0 Å². The molecule has 2 unspecified atom stereocenters. The van der Waals surface area contributed by atoms with E-state index in [2.05, 4.69) is 23.8 Å². The van der Waals surface area contributed by atoms with Crippen molar-refractivity contribution in [3.8, 4) is 0 Å². The number of hydrogen-bond donors (Lipinski definition) is 1. The highest BCUT2D eigenvalue weighted by atomic mass is 16.5. The number of ether oxygens (including phenoxy) is 1. The summed E-state index contributed by atoms with van der Waals surface area (Å²) in [5, 5.41) is 4.60. The molecular weight excluding hydrogens is 252 g/mol. The fourth-order valence-corrected chi connectivity index (χ4v) is 3.05. The molecule has 0 saturated carbocycles. The molecule has 114 valence electrons. The highest BCUT2D eigenvalue weighted by Crippen LogP contribution is 2.28. The normalized spacial score (nSPS) is 21.2. The molecule has 1 fully saturated rings. The lowest BCUT2D eigenvalue weighted by Crippen LogP contribution is -2.40. The Morgan fingerprint density at radius 2 is 2.25 bits per heavy atom. The Labute approximate surface area is 122 Å². The molecule has 20 heavy (non-hydrogen) atoms. The van der Waals surface area contributed by atoms with E-state index in [9.17, 15) is 0 Å². The van der Waals surface area contributed by atoms with Gasteiger partial charge >= 0.3 is 0 Å². The van der Waals surface area contributed by atoms with Gasteiger partial charge in [0.15, 0.2) is 0 Å². The summed E-state index contributed by atoms with van der Waals surface area (Å²) in [4.78, 5) is 2.41. The van der Waals surface area contributed by atoms with E-state index in [1.54, 1.807) is 7.11 Å². The van der Waals surface area contributed by atoms with Gasteiger partial charge in [0.05, 0.1) is 11.8 Å². The minimum absolute atomic E-state index is 0.208. The number of methoxy groups -OCH3 is 1. The number of nitrogens with two attached hydrogens (primary N) is 1. The van der Waals surface area contributed by atoms with Crippen molar-refractivity contribution in [3.05, 3.63) is 11.3 Å². The van der Waals surface area contributed by atoms with Gasteiger partial charge in [-0.3, -0.25) is 4.68 Å². The van der Waals surface area contributed by atoms with E-state index in [1.807, 2.05) is 11.7 Å². The second-order valence-corrected chi connectivity index (χ2v) is 5.83. The van der Waals surface area contributed by atoms with E-state index in [-0.39, 0.29) is 6.04 Å². The molecule has 0 aromatic carbocycles. The number of piperidine rings is 1. The second kappa shape index (κ2) is 6.59. The lowest BCUT2D eigenvalue weighted by atomic mass is 10.0.